The average molecular weight is 221 g/mol. The molecule has 0 aliphatic rings. The van der Waals surface area contributed by atoms with Crippen LogP contribution in [0.3, 0.4) is 0 Å². The third-order valence-electron chi connectivity index (χ3n) is 2.65. The van der Waals surface area contributed by atoms with E-state index in [1.54, 1.807) is 6.20 Å². The molecule has 0 radical (unpaired) electrons. The van der Waals surface area contributed by atoms with Crippen molar-refractivity contribution in [1.82, 2.24) is 15.0 Å². The standard InChI is InChI=1S/C14H11N3/c1-10-16-13-7-3-2-6-12(13)14(17-10)11-5-4-8-15-9-11/h2-9H,1H3. The Morgan fingerprint density at radius 3 is 2.65 bits per heavy atom. The van der Waals surface area contributed by atoms with Crippen LogP contribution in [0.1, 0.15) is 5.82 Å². The lowest BCUT2D eigenvalue weighted by Crippen LogP contribution is -1.93. The first-order valence-corrected chi connectivity index (χ1v) is 5.48. The molecule has 0 amide bonds. The highest BCUT2D eigenvalue weighted by Gasteiger charge is 2.07. The summed E-state index contributed by atoms with van der Waals surface area (Å²) in [6, 6.07) is 12.0. The molecule has 3 heteroatoms. The van der Waals surface area contributed by atoms with E-state index in [1.165, 1.54) is 0 Å². The molecule has 0 saturated heterocycles. The molecule has 17 heavy (non-hydrogen) atoms. The second-order valence-corrected chi connectivity index (χ2v) is 3.88. The third kappa shape index (κ3) is 1.76. The van der Waals surface area contributed by atoms with Crippen LogP contribution >= 0.6 is 0 Å². The molecule has 82 valence electrons. The number of aromatic nitrogens is 3. The molecule has 3 nitrogen and oxygen atoms in total. The number of hydrogen-bond donors (Lipinski definition) is 0. The number of rotatable bonds is 1. The van der Waals surface area contributed by atoms with Crippen LogP contribution < -0.4 is 0 Å². The van der Waals surface area contributed by atoms with Crippen molar-refractivity contribution < 1.29 is 0 Å². The van der Waals surface area contributed by atoms with Crippen molar-refractivity contribution in [3.63, 3.8) is 0 Å². The van der Waals surface area contributed by atoms with Crippen molar-refractivity contribution in [2.45, 2.75) is 6.92 Å². The Labute approximate surface area is 99.2 Å². The van der Waals surface area contributed by atoms with Crippen LogP contribution in [-0.4, -0.2) is 15.0 Å². The normalized spacial score (nSPS) is 10.6. The lowest BCUT2D eigenvalue weighted by atomic mass is 10.1. The minimum absolute atomic E-state index is 0.780. The van der Waals surface area contributed by atoms with E-state index in [4.69, 9.17) is 0 Å². The van der Waals surface area contributed by atoms with Gasteiger partial charge in [0.2, 0.25) is 0 Å². The molecule has 0 bridgehead atoms. The summed E-state index contributed by atoms with van der Waals surface area (Å²) in [7, 11) is 0. The maximum Gasteiger partial charge on any atom is 0.126 e. The summed E-state index contributed by atoms with van der Waals surface area (Å²) in [5, 5.41) is 1.06. The minimum atomic E-state index is 0.780. The highest BCUT2D eigenvalue weighted by atomic mass is 14.9. The quantitative estimate of drug-likeness (QED) is 0.634. The topological polar surface area (TPSA) is 38.7 Å². The summed E-state index contributed by atoms with van der Waals surface area (Å²) in [6.45, 7) is 1.91. The maximum absolute atomic E-state index is 4.52. The van der Waals surface area contributed by atoms with Gasteiger partial charge in [0, 0.05) is 23.3 Å². The van der Waals surface area contributed by atoms with Gasteiger partial charge in [-0.05, 0) is 25.1 Å². The Kier molecular flexibility index (Phi) is 2.29. The van der Waals surface area contributed by atoms with Gasteiger partial charge in [-0.2, -0.15) is 0 Å². The smallest absolute Gasteiger partial charge is 0.126 e. The summed E-state index contributed by atoms with van der Waals surface area (Å²) in [5.74, 6) is 0.780. The number of pyridine rings is 1. The highest BCUT2D eigenvalue weighted by molar-refractivity contribution is 5.91. The average Bonchev–Trinajstić information content (AvgIpc) is 2.39. The number of fused-ring (bicyclic) bond motifs is 1. The molecule has 0 fully saturated rings. The summed E-state index contributed by atoms with van der Waals surface area (Å²) in [5.41, 5.74) is 2.94. The van der Waals surface area contributed by atoms with Gasteiger partial charge in [0.05, 0.1) is 11.2 Å². The van der Waals surface area contributed by atoms with E-state index in [2.05, 4.69) is 15.0 Å². The van der Waals surface area contributed by atoms with Gasteiger partial charge in [0.1, 0.15) is 5.82 Å². The minimum Gasteiger partial charge on any atom is -0.264 e. The third-order valence-corrected chi connectivity index (χ3v) is 2.65. The lowest BCUT2D eigenvalue weighted by molar-refractivity contribution is 1.09. The van der Waals surface area contributed by atoms with Crippen molar-refractivity contribution >= 4 is 10.9 Å². The largest absolute Gasteiger partial charge is 0.264 e. The van der Waals surface area contributed by atoms with Gasteiger partial charge in [-0.25, -0.2) is 9.97 Å². The molecular weight excluding hydrogens is 210 g/mol. The molecule has 2 aromatic heterocycles. The number of hydrogen-bond acceptors (Lipinski definition) is 3. The first kappa shape index (κ1) is 9.90. The summed E-state index contributed by atoms with van der Waals surface area (Å²) in [6.07, 6.45) is 3.59. The van der Waals surface area contributed by atoms with Gasteiger partial charge in [-0.3, -0.25) is 4.98 Å². The van der Waals surface area contributed by atoms with Crippen molar-refractivity contribution in [2.75, 3.05) is 0 Å². The van der Waals surface area contributed by atoms with Crippen LogP contribution in [0.2, 0.25) is 0 Å². The molecule has 3 aromatic rings. The summed E-state index contributed by atoms with van der Waals surface area (Å²) >= 11 is 0. The highest BCUT2D eigenvalue weighted by Crippen LogP contribution is 2.24. The van der Waals surface area contributed by atoms with E-state index in [0.717, 1.165) is 28.0 Å². The molecule has 0 unspecified atom stereocenters. The fourth-order valence-corrected chi connectivity index (χ4v) is 1.92. The molecule has 0 aliphatic heterocycles. The first-order valence-electron chi connectivity index (χ1n) is 5.48. The maximum atomic E-state index is 4.52. The molecule has 0 N–H and O–H groups in total. The fraction of sp³-hybridized carbons (Fsp3) is 0.0714. The van der Waals surface area contributed by atoms with Crippen LogP contribution in [0, 0.1) is 6.92 Å². The lowest BCUT2D eigenvalue weighted by Gasteiger charge is -2.06. The van der Waals surface area contributed by atoms with Crippen LogP contribution in [0.5, 0.6) is 0 Å². The molecule has 1 aromatic carbocycles. The molecule has 0 spiro atoms. The Morgan fingerprint density at radius 2 is 1.82 bits per heavy atom. The molecule has 3 rings (SSSR count). The van der Waals surface area contributed by atoms with Crippen molar-refractivity contribution in [3.8, 4) is 11.3 Å². The Bertz CT molecular complexity index is 663. The first-order chi connectivity index (χ1) is 8.34. The van der Waals surface area contributed by atoms with E-state index in [-0.39, 0.29) is 0 Å². The van der Waals surface area contributed by atoms with Crippen LogP contribution in [0.25, 0.3) is 22.2 Å². The predicted molar refractivity (Wildman–Crippen MR) is 67.5 cm³/mol. The monoisotopic (exact) mass is 221 g/mol. The Morgan fingerprint density at radius 1 is 0.941 bits per heavy atom. The van der Waals surface area contributed by atoms with Gasteiger partial charge < -0.3 is 0 Å². The zero-order valence-corrected chi connectivity index (χ0v) is 9.46. The van der Waals surface area contributed by atoms with E-state index < -0.39 is 0 Å². The fourth-order valence-electron chi connectivity index (χ4n) is 1.92. The molecule has 0 aliphatic carbocycles. The number of nitrogens with zero attached hydrogens (tertiary/aromatic N) is 3. The van der Waals surface area contributed by atoms with E-state index in [1.807, 2.05) is 49.5 Å². The van der Waals surface area contributed by atoms with Gasteiger partial charge in [-0.15, -0.1) is 0 Å². The van der Waals surface area contributed by atoms with Gasteiger partial charge in [-0.1, -0.05) is 18.2 Å². The van der Waals surface area contributed by atoms with Crippen molar-refractivity contribution in [3.05, 3.63) is 54.6 Å². The zero-order valence-electron chi connectivity index (χ0n) is 9.46. The van der Waals surface area contributed by atoms with E-state index in [0.29, 0.717) is 0 Å². The molecule has 2 heterocycles. The van der Waals surface area contributed by atoms with Gasteiger partial charge in [0.15, 0.2) is 0 Å². The van der Waals surface area contributed by atoms with E-state index in [9.17, 15) is 0 Å². The van der Waals surface area contributed by atoms with Crippen LogP contribution in [0.4, 0.5) is 0 Å². The Hall–Kier alpha value is -2.29. The number of aryl methyl sites for hydroxylation is 1. The van der Waals surface area contributed by atoms with Gasteiger partial charge in [0.25, 0.3) is 0 Å². The number of benzene rings is 1. The predicted octanol–water partition coefficient (Wildman–Crippen LogP) is 3.00. The van der Waals surface area contributed by atoms with Crippen molar-refractivity contribution in [2.24, 2.45) is 0 Å². The summed E-state index contributed by atoms with van der Waals surface area (Å²) < 4.78 is 0. The Balaban J connectivity index is 2.36. The second kappa shape index (κ2) is 3.94. The zero-order chi connectivity index (χ0) is 11.7. The SMILES string of the molecule is Cc1nc(-c2cccnc2)c2ccccc2n1. The number of para-hydroxylation sites is 1. The molecular formula is C14H11N3. The summed E-state index contributed by atoms with van der Waals surface area (Å²) in [4.78, 5) is 13.1. The molecule has 0 saturated carbocycles. The van der Waals surface area contributed by atoms with Gasteiger partial charge >= 0.3 is 0 Å². The second-order valence-electron chi connectivity index (χ2n) is 3.88. The molecule has 0 atom stereocenters. The van der Waals surface area contributed by atoms with Crippen LogP contribution in [0.15, 0.2) is 48.8 Å². The van der Waals surface area contributed by atoms with Crippen molar-refractivity contribution in [1.29, 1.82) is 0 Å². The van der Waals surface area contributed by atoms with Crippen LogP contribution in [-0.2, 0) is 0 Å². The van der Waals surface area contributed by atoms with E-state index >= 15 is 0 Å².